The number of nitrogens with two attached hydrogens (primary N) is 1. The van der Waals surface area contributed by atoms with Crippen LogP contribution in [0.3, 0.4) is 0 Å². The molecule has 0 saturated carbocycles. The van der Waals surface area contributed by atoms with Crippen LogP contribution in [0.25, 0.3) is 5.70 Å². The summed E-state index contributed by atoms with van der Waals surface area (Å²) in [4.78, 5) is 0. The minimum absolute atomic E-state index is 0.657. The highest BCUT2D eigenvalue weighted by Gasteiger charge is 2.23. The van der Waals surface area contributed by atoms with Gasteiger partial charge in [-0.25, -0.2) is 0 Å². The van der Waals surface area contributed by atoms with Gasteiger partial charge in [-0.15, -0.1) is 5.12 Å². The molecule has 0 bridgehead atoms. The number of aryl methyl sites for hydroxylation is 1. The van der Waals surface area contributed by atoms with Gasteiger partial charge in [-0.2, -0.15) is 0 Å². The summed E-state index contributed by atoms with van der Waals surface area (Å²) in [6, 6.07) is 8.53. The third-order valence-corrected chi connectivity index (χ3v) is 3.12. The van der Waals surface area contributed by atoms with Crippen LogP contribution >= 0.6 is 0 Å². The first-order chi connectivity index (χ1) is 8.13. The number of hydrazine groups is 2. The molecule has 1 aliphatic heterocycles. The molecule has 0 aliphatic carbocycles. The SMILES string of the molecule is Cc1ccc(C2=C(CCN)N(C)N(C)N2)cc1. The van der Waals surface area contributed by atoms with Gasteiger partial charge in [0.15, 0.2) is 0 Å². The number of nitrogens with one attached hydrogen (secondary N) is 1. The van der Waals surface area contributed by atoms with Gasteiger partial charge in [0.25, 0.3) is 0 Å². The monoisotopic (exact) mass is 232 g/mol. The zero-order chi connectivity index (χ0) is 12.4. The summed E-state index contributed by atoms with van der Waals surface area (Å²) >= 11 is 0. The molecule has 4 nitrogen and oxygen atoms in total. The Labute approximate surface area is 103 Å². The van der Waals surface area contributed by atoms with Crippen molar-refractivity contribution in [2.45, 2.75) is 13.3 Å². The van der Waals surface area contributed by atoms with E-state index < -0.39 is 0 Å². The molecule has 0 fully saturated rings. The Morgan fingerprint density at radius 2 is 1.82 bits per heavy atom. The van der Waals surface area contributed by atoms with Gasteiger partial charge in [0, 0.05) is 26.1 Å². The molecule has 0 radical (unpaired) electrons. The number of rotatable bonds is 3. The van der Waals surface area contributed by atoms with Crippen molar-refractivity contribution in [3.8, 4) is 0 Å². The second-order valence-electron chi connectivity index (χ2n) is 4.39. The van der Waals surface area contributed by atoms with Crippen LogP contribution in [-0.2, 0) is 0 Å². The fourth-order valence-corrected chi connectivity index (χ4v) is 2.02. The molecule has 4 heteroatoms. The van der Waals surface area contributed by atoms with Gasteiger partial charge >= 0.3 is 0 Å². The molecule has 1 heterocycles. The van der Waals surface area contributed by atoms with Crippen LogP contribution < -0.4 is 11.2 Å². The van der Waals surface area contributed by atoms with Crippen LogP contribution in [-0.4, -0.2) is 30.8 Å². The molecule has 0 aromatic heterocycles. The van der Waals surface area contributed by atoms with Crippen LogP contribution in [0.2, 0.25) is 0 Å². The Balaban J connectivity index is 2.37. The maximum absolute atomic E-state index is 5.67. The molecule has 0 atom stereocenters. The van der Waals surface area contributed by atoms with E-state index in [0.717, 1.165) is 12.1 Å². The summed E-state index contributed by atoms with van der Waals surface area (Å²) in [6.07, 6.45) is 0.872. The minimum atomic E-state index is 0.657. The summed E-state index contributed by atoms with van der Waals surface area (Å²) in [5.41, 5.74) is 13.9. The lowest BCUT2D eigenvalue weighted by Crippen LogP contribution is -2.37. The molecule has 0 spiro atoms. The highest BCUT2D eigenvalue weighted by atomic mass is 15.8. The van der Waals surface area contributed by atoms with Gasteiger partial charge in [0.2, 0.25) is 0 Å². The van der Waals surface area contributed by atoms with Gasteiger partial charge < -0.3 is 5.73 Å². The van der Waals surface area contributed by atoms with Gasteiger partial charge in [-0.05, 0) is 13.5 Å². The molecule has 0 saturated heterocycles. The maximum atomic E-state index is 5.67. The van der Waals surface area contributed by atoms with Crippen LogP contribution in [0.4, 0.5) is 0 Å². The van der Waals surface area contributed by atoms with Gasteiger partial charge in [0.05, 0.1) is 11.4 Å². The van der Waals surface area contributed by atoms with E-state index in [2.05, 4.69) is 41.6 Å². The Hall–Kier alpha value is -1.52. The Kier molecular flexibility index (Phi) is 3.36. The van der Waals surface area contributed by atoms with Crippen LogP contribution in [0.15, 0.2) is 30.0 Å². The first-order valence-corrected chi connectivity index (χ1v) is 5.87. The normalized spacial score (nSPS) is 16.6. The predicted octanol–water partition coefficient (Wildman–Crippen LogP) is 1.31. The fraction of sp³-hybridized carbons (Fsp3) is 0.385. The summed E-state index contributed by atoms with van der Waals surface area (Å²) in [5, 5.41) is 4.07. The zero-order valence-corrected chi connectivity index (χ0v) is 10.7. The molecular formula is C13H20N4. The molecule has 17 heavy (non-hydrogen) atoms. The lowest BCUT2D eigenvalue weighted by molar-refractivity contribution is 0.0527. The smallest absolute Gasteiger partial charge is 0.0786 e. The fourth-order valence-electron chi connectivity index (χ4n) is 2.02. The van der Waals surface area contributed by atoms with Crippen molar-refractivity contribution in [1.29, 1.82) is 0 Å². The molecule has 1 aromatic rings. The number of nitrogens with zero attached hydrogens (tertiary/aromatic N) is 2. The molecule has 2 rings (SSSR count). The first kappa shape index (κ1) is 12.0. The summed E-state index contributed by atoms with van der Waals surface area (Å²) in [5.74, 6) is 0. The standard InChI is InChI=1S/C13H20N4/c1-10-4-6-11(7-5-10)13-12(8-9-14)16(2)17(3)15-13/h4-7,15H,8-9,14H2,1-3H3. The highest BCUT2D eigenvalue weighted by molar-refractivity contribution is 5.67. The average molecular weight is 232 g/mol. The van der Waals surface area contributed by atoms with Crippen molar-refractivity contribution in [2.24, 2.45) is 5.73 Å². The van der Waals surface area contributed by atoms with Crippen molar-refractivity contribution in [3.05, 3.63) is 41.1 Å². The summed E-state index contributed by atoms with van der Waals surface area (Å²) in [6.45, 7) is 2.75. The average Bonchev–Trinajstić information content (AvgIpc) is 2.59. The largest absolute Gasteiger partial charge is 0.330 e. The van der Waals surface area contributed by atoms with E-state index in [1.54, 1.807) is 0 Å². The Morgan fingerprint density at radius 1 is 1.18 bits per heavy atom. The number of benzene rings is 1. The second-order valence-corrected chi connectivity index (χ2v) is 4.39. The van der Waals surface area contributed by atoms with Crippen LogP contribution in [0.1, 0.15) is 17.5 Å². The van der Waals surface area contributed by atoms with Gasteiger partial charge in [-0.1, -0.05) is 29.8 Å². The second kappa shape index (κ2) is 4.77. The lowest BCUT2D eigenvalue weighted by Gasteiger charge is -2.23. The van der Waals surface area contributed by atoms with Gasteiger partial charge in [-0.3, -0.25) is 10.4 Å². The molecular weight excluding hydrogens is 212 g/mol. The van der Waals surface area contributed by atoms with E-state index in [4.69, 9.17) is 5.73 Å². The number of hydrogen-bond acceptors (Lipinski definition) is 4. The van der Waals surface area contributed by atoms with Crippen LogP contribution in [0, 0.1) is 6.92 Å². The summed E-state index contributed by atoms with van der Waals surface area (Å²) in [7, 11) is 4.04. The first-order valence-electron chi connectivity index (χ1n) is 5.87. The van der Waals surface area contributed by atoms with Crippen LogP contribution in [0.5, 0.6) is 0 Å². The molecule has 92 valence electrons. The lowest BCUT2D eigenvalue weighted by atomic mass is 10.1. The van der Waals surface area contributed by atoms with E-state index in [0.29, 0.717) is 6.54 Å². The van der Waals surface area contributed by atoms with Gasteiger partial charge in [0.1, 0.15) is 0 Å². The molecule has 0 unspecified atom stereocenters. The topological polar surface area (TPSA) is 44.5 Å². The van der Waals surface area contributed by atoms with Crippen molar-refractivity contribution >= 4 is 5.70 Å². The maximum Gasteiger partial charge on any atom is 0.0786 e. The molecule has 1 aliphatic rings. The molecule has 1 aromatic carbocycles. The summed E-state index contributed by atoms with van der Waals surface area (Å²) < 4.78 is 0. The van der Waals surface area contributed by atoms with E-state index in [1.165, 1.54) is 16.8 Å². The van der Waals surface area contributed by atoms with E-state index in [-0.39, 0.29) is 0 Å². The minimum Gasteiger partial charge on any atom is -0.330 e. The molecule has 0 amide bonds. The zero-order valence-electron chi connectivity index (χ0n) is 10.7. The van der Waals surface area contributed by atoms with Crippen molar-refractivity contribution in [2.75, 3.05) is 20.6 Å². The van der Waals surface area contributed by atoms with Crippen molar-refractivity contribution in [3.63, 3.8) is 0 Å². The third-order valence-electron chi connectivity index (χ3n) is 3.12. The quantitative estimate of drug-likeness (QED) is 0.825. The van der Waals surface area contributed by atoms with Crippen molar-refractivity contribution < 1.29 is 0 Å². The van der Waals surface area contributed by atoms with E-state index >= 15 is 0 Å². The number of hydrogen-bond donors (Lipinski definition) is 2. The predicted molar refractivity (Wildman–Crippen MR) is 70.4 cm³/mol. The van der Waals surface area contributed by atoms with E-state index in [1.807, 2.05) is 19.2 Å². The van der Waals surface area contributed by atoms with E-state index in [9.17, 15) is 0 Å². The molecule has 3 N–H and O–H groups in total. The van der Waals surface area contributed by atoms with Crippen molar-refractivity contribution in [1.82, 2.24) is 15.6 Å². The Bertz CT molecular complexity index is 422. The Morgan fingerprint density at radius 3 is 2.41 bits per heavy atom. The third kappa shape index (κ3) is 2.28. The highest BCUT2D eigenvalue weighted by Crippen LogP contribution is 2.26.